The molecule has 2 rings (SSSR count). The summed E-state index contributed by atoms with van der Waals surface area (Å²) < 4.78 is 5.72. The summed E-state index contributed by atoms with van der Waals surface area (Å²) in [6, 6.07) is 3.22. The van der Waals surface area contributed by atoms with Crippen molar-refractivity contribution in [2.24, 2.45) is 0 Å². The number of ether oxygens (including phenoxy) is 1. The molecule has 1 N–H and O–H groups in total. The van der Waals surface area contributed by atoms with Crippen LogP contribution in [0.1, 0.15) is 42.1 Å². The Balaban J connectivity index is 2.06. The molecule has 0 saturated carbocycles. The second-order valence-corrected chi connectivity index (χ2v) is 6.14. The first-order valence-corrected chi connectivity index (χ1v) is 7.67. The number of aromatic hydroxyl groups is 1. The van der Waals surface area contributed by atoms with Gasteiger partial charge in [-0.25, -0.2) is 0 Å². The number of benzene rings is 1. The molecule has 1 aliphatic rings. The molecule has 116 valence electrons. The molecule has 1 atom stereocenters. The predicted molar refractivity (Wildman–Crippen MR) is 83.0 cm³/mol. The minimum Gasteiger partial charge on any atom is -0.507 e. The molecule has 0 bridgehead atoms. The Morgan fingerprint density at radius 2 is 2.24 bits per heavy atom. The normalized spacial score (nSPS) is 19.0. The van der Waals surface area contributed by atoms with Gasteiger partial charge in [-0.3, -0.25) is 9.69 Å². The summed E-state index contributed by atoms with van der Waals surface area (Å²) in [4.78, 5) is 13.6. The van der Waals surface area contributed by atoms with Gasteiger partial charge in [-0.05, 0) is 45.4 Å². The number of likely N-dealkylation sites (N-methyl/N-ethyl adjacent to an activating group) is 1. The largest absolute Gasteiger partial charge is 0.507 e. The van der Waals surface area contributed by atoms with Gasteiger partial charge in [0.2, 0.25) is 0 Å². The lowest BCUT2D eigenvalue weighted by atomic mass is 10.0. The van der Waals surface area contributed by atoms with Gasteiger partial charge in [0.15, 0.2) is 5.78 Å². The molecule has 1 fully saturated rings. The molecule has 1 heterocycles. The third-order valence-corrected chi connectivity index (χ3v) is 3.98. The molecule has 0 aliphatic carbocycles. The van der Waals surface area contributed by atoms with E-state index >= 15 is 0 Å². The summed E-state index contributed by atoms with van der Waals surface area (Å²) in [6.07, 6.45) is 3.66. The minimum atomic E-state index is -0.186. The Labute approximate surface area is 130 Å². The van der Waals surface area contributed by atoms with Crippen LogP contribution in [0.4, 0.5) is 0 Å². The van der Waals surface area contributed by atoms with Crippen molar-refractivity contribution in [3.05, 3.63) is 28.3 Å². The van der Waals surface area contributed by atoms with Crippen LogP contribution in [0, 0.1) is 0 Å². The predicted octanol–water partition coefficient (Wildman–Crippen LogP) is 3.25. The van der Waals surface area contributed by atoms with Crippen LogP contribution in [0.25, 0.3) is 0 Å². The Bertz CT molecular complexity index is 512. The number of phenols is 1. The number of phenolic OH excluding ortho intramolecular Hbond substituents is 1. The van der Waals surface area contributed by atoms with E-state index < -0.39 is 0 Å². The fraction of sp³-hybridized carbons (Fsp3) is 0.562. The molecular formula is C16H22ClNO3. The van der Waals surface area contributed by atoms with E-state index in [0.717, 1.165) is 26.0 Å². The number of carbonyl (C=O) groups is 1. The van der Waals surface area contributed by atoms with Gasteiger partial charge in [0, 0.05) is 30.3 Å². The maximum atomic E-state index is 11.5. The average molecular weight is 312 g/mol. The quantitative estimate of drug-likeness (QED) is 0.848. The summed E-state index contributed by atoms with van der Waals surface area (Å²) in [6.45, 7) is 3.60. The van der Waals surface area contributed by atoms with Crippen molar-refractivity contribution in [1.82, 2.24) is 4.90 Å². The highest BCUT2D eigenvalue weighted by molar-refractivity contribution is 6.31. The van der Waals surface area contributed by atoms with Crippen LogP contribution in [-0.4, -0.2) is 42.1 Å². The lowest BCUT2D eigenvalue weighted by molar-refractivity contribution is -0.00268. The molecule has 21 heavy (non-hydrogen) atoms. The molecule has 4 nitrogen and oxygen atoms in total. The lowest BCUT2D eigenvalue weighted by Gasteiger charge is -2.27. The van der Waals surface area contributed by atoms with Gasteiger partial charge in [-0.2, -0.15) is 0 Å². The third-order valence-electron chi connectivity index (χ3n) is 3.76. The molecule has 0 spiro atoms. The maximum absolute atomic E-state index is 11.5. The van der Waals surface area contributed by atoms with E-state index in [4.69, 9.17) is 16.3 Å². The zero-order valence-electron chi connectivity index (χ0n) is 12.6. The Hall–Kier alpha value is -1.10. The first-order valence-electron chi connectivity index (χ1n) is 7.30. The van der Waals surface area contributed by atoms with E-state index in [1.54, 1.807) is 6.07 Å². The van der Waals surface area contributed by atoms with Crippen molar-refractivity contribution in [1.29, 1.82) is 0 Å². The second-order valence-electron chi connectivity index (χ2n) is 5.70. The SMILES string of the molecule is CC(=O)c1cc(Cl)cc(CN(C)CC2CCCCO2)c1O. The monoisotopic (exact) mass is 311 g/mol. The number of nitrogens with zero attached hydrogens (tertiary/aromatic N) is 1. The molecule has 1 aliphatic heterocycles. The molecule has 1 aromatic rings. The van der Waals surface area contributed by atoms with Crippen molar-refractivity contribution in [2.75, 3.05) is 20.2 Å². The average Bonchev–Trinajstić information content (AvgIpc) is 2.43. The van der Waals surface area contributed by atoms with Gasteiger partial charge < -0.3 is 9.84 Å². The summed E-state index contributed by atoms with van der Waals surface area (Å²) in [7, 11) is 1.98. The van der Waals surface area contributed by atoms with Crippen LogP contribution in [0.2, 0.25) is 5.02 Å². The zero-order chi connectivity index (χ0) is 15.4. The first kappa shape index (κ1) is 16.3. The van der Waals surface area contributed by atoms with E-state index in [1.807, 2.05) is 7.05 Å². The number of halogens is 1. The molecule has 0 radical (unpaired) electrons. The number of carbonyl (C=O) groups excluding carboxylic acids is 1. The molecular weight excluding hydrogens is 290 g/mol. The Kier molecular flexibility index (Phi) is 5.62. The zero-order valence-corrected chi connectivity index (χ0v) is 13.3. The van der Waals surface area contributed by atoms with E-state index in [9.17, 15) is 9.90 Å². The first-order chi connectivity index (χ1) is 9.97. The summed E-state index contributed by atoms with van der Waals surface area (Å²) in [5.74, 6) is -0.155. The van der Waals surface area contributed by atoms with Crippen molar-refractivity contribution < 1.29 is 14.6 Å². The van der Waals surface area contributed by atoms with Crippen LogP contribution in [-0.2, 0) is 11.3 Å². The van der Waals surface area contributed by atoms with Crippen molar-refractivity contribution >= 4 is 17.4 Å². The fourth-order valence-electron chi connectivity index (χ4n) is 2.70. The molecule has 0 amide bonds. The topological polar surface area (TPSA) is 49.8 Å². The molecule has 1 aromatic carbocycles. The minimum absolute atomic E-state index is 0.0308. The number of rotatable bonds is 5. The third kappa shape index (κ3) is 4.43. The summed E-state index contributed by atoms with van der Waals surface area (Å²) in [5.41, 5.74) is 0.950. The van der Waals surface area contributed by atoms with Crippen molar-refractivity contribution in [3.63, 3.8) is 0 Å². The summed E-state index contributed by atoms with van der Waals surface area (Å²) >= 11 is 6.03. The van der Waals surface area contributed by atoms with E-state index in [-0.39, 0.29) is 23.2 Å². The Morgan fingerprint density at radius 1 is 1.48 bits per heavy atom. The van der Waals surface area contributed by atoms with E-state index in [1.165, 1.54) is 19.4 Å². The molecule has 5 heteroatoms. The van der Waals surface area contributed by atoms with Crippen molar-refractivity contribution in [3.8, 4) is 5.75 Å². The van der Waals surface area contributed by atoms with Gasteiger partial charge in [0.25, 0.3) is 0 Å². The summed E-state index contributed by atoms with van der Waals surface area (Å²) in [5, 5.41) is 10.7. The number of ketones is 1. The maximum Gasteiger partial charge on any atom is 0.163 e. The number of Topliss-reactive ketones (excluding diaryl/α,β-unsaturated/α-hetero) is 1. The highest BCUT2D eigenvalue weighted by Crippen LogP contribution is 2.28. The number of hydrogen-bond donors (Lipinski definition) is 1. The fourth-order valence-corrected chi connectivity index (χ4v) is 2.94. The van der Waals surface area contributed by atoms with E-state index in [0.29, 0.717) is 17.1 Å². The molecule has 0 aromatic heterocycles. The van der Waals surface area contributed by atoms with Crippen LogP contribution >= 0.6 is 11.6 Å². The van der Waals surface area contributed by atoms with Crippen LogP contribution in [0.15, 0.2) is 12.1 Å². The lowest BCUT2D eigenvalue weighted by Crippen LogP contribution is -2.33. The van der Waals surface area contributed by atoms with Gasteiger partial charge >= 0.3 is 0 Å². The van der Waals surface area contributed by atoms with Crippen LogP contribution in [0.5, 0.6) is 5.75 Å². The van der Waals surface area contributed by atoms with Crippen molar-refractivity contribution in [2.45, 2.75) is 38.8 Å². The van der Waals surface area contributed by atoms with Crippen LogP contribution in [0.3, 0.4) is 0 Å². The highest BCUT2D eigenvalue weighted by Gasteiger charge is 2.18. The van der Waals surface area contributed by atoms with E-state index in [2.05, 4.69) is 4.90 Å². The smallest absolute Gasteiger partial charge is 0.163 e. The Morgan fingerprint density at radius 3 is 2.86 bits per heavy atom. The van der Waals surface area contributed by atoms with Gasteiger partial charge in [-0.1, -0.05) is 11.6 Å². The van der Waals surface area contributed by atoms with Gasteiger partial charge in [-0.15, -0.1) is 0 Å². The number of hydrogen-bond acceptors (Lipinski definition) is 4. The molecule has 1 saturated heterocycles. The standard InChI is InChI=1S/C16H22ClNO3/c1-11(19)15-8-13(17)7-12(16(15)20)9-18(2)10-14-5-3-4-6-21-14/h7-8,14,20H,3-6,9-10H2,1-2H3. The van der Waals surface area contributed by atoms with Crippen LogP contribution < -0.4 is 0 Å². The van der Waals surface area contributed by atoms with Gasteiger partial charge in [0.05, 0.1) is 11.7 Å². The van der Waals surface area contributed by atoms with Gasteiger partial charge in [0.1, 0.15) is 5.75 Å². The second kappa shape index (κ2) is 7.25. The highest BCUT2D eigenvalue weighted by atomic mass is 35.5. The molecule has 1 unspecified atom stereocenters.